The van der Waals surface area contributed by atoms with Crippen molar-refractivity contribution in [1.82, 2.24) is 0 Å². The number of para-hydroxylation sites is 2. The number of hydrogen-bond donors (Lipinski definition) is 2. The molecule has 0 radical (unpaired) electrons. The molecule has 6 heteroatoms. The fourth-order valence-corrected chi connectivity index (χ4v) is 4.04. The van der Waals surface area contributed by atoms with Gasteiger partial charge in [-0.05, 0) is 29.7 Å². The molecule has 3 aromatic rings. The largest absolute Gasteiger partial charge is 0.489 e. The molecule has 0 saturated carbocycles. The molecule has 6 nitrogen and oxygen atoms in total. The molecule has 3 unspecified atom stereocenters. The fraction of sp³-hybridized carbons (Fsp3) is 0.231. The Hall–Kier alpha value is -3.64. The van der Waals surface area contributed by atoms with Crippen molar-refractivity contribution in [3.05, 3.63) is 95.6 Å². The number of nitrogens with two attached hydrogens (primary N) is 1. The van der Waals surface area contributed by atoms with E-state index in [9.17, 15) is 9.59 Å². The quantitative estimate of drug-likeness (QED) is 0.476. The van der Waals surface area contributed by atoms with E-state index in [0.29, 0.717) is 30.8 Å². The van der Waals surface area contributed by atoms with Gasteiger partial charge in [0.15, 0.2) is 11.9 Å². The number of Topliss-reactive ketones (excluding diaryl/α,β-unsaturated/α-hetero) is 1. The van der Waals surface area contributed by atoms with Crippen LogP contribution in [0.1, 0.15) is 29.2 Å². The van der Waals surface area contributed by atoms with Gasteiger partial charge in [0, 0.05) is 23.7 Å². The molecule has 32 heavy (non-hydrogen) atoms. The summed E-state index contributed by atoms with van der Waals surface area (Å²) in [6.07, 6.45) is 0.151. The molecule has 0 aromatic heterocycles. The molecule has 164 valence electrons. The summed E-state index contributed by atoms with van der Waals surface area (Å²) >= 11 is 0. The summed E-state index contributed by atoms with van der Waals surface area (Å²) in [6, 6.07) is 23.9. The van der Waals surface area contributed by atoms with Crippen LogP contribution in [0.15, 0.2) is 78.9 Å². The van der Waals surface area contributed by atoms with Gasteiger partial charge in [0.2, 0.25) is 0 Å². The monoisotopic (exact) mass is 430 g/mol. The van der Waals surface area contributed by atoms with Crippen molar-refractivity contribution in [3.8, 4) is 5.75 Å². The first-order chi connectivity index (χ1) is 15.7. The number of anilines is 1. The van der Waals surface area contributed by atoms with E-state index in [0.717, 1.165) is 17.7 Å². The summed E-state index contributed by atoms with van der Waals surface area (Å²) in [5, 5.41) is 3.39. The second-order valence-corrected chi connectivity index (χ2v) is 7.85. The van der Waals surface area contributed by atoms with Gasteiger partial charge in [-0.25, -0.2) is 0 Å². The van der Waals surface area contributed by atoms with Crippen molar-refractivity contribution < 1.29 is 19.1 Å². The Morgan fingerprint density at radius 1 is 1.03 bits per heavy atom. The number of fused-ring (bicyclic) bond motifs is 1. The predicted molar refractivity (Wildman–Crippen MR) is 122 cm³/mol. The van der Waals surface area contributed by atoms with Crippen molar-refractivity contribution in [2.45, 2.75) is 37.6 Å². The van der Waals surface area contributed by atoms with Crippen molar-refractivity contribution in [2.75, 3.05) is 5.32 Å². The summed E-state index contributed by atoms with van der Waals surface area (Å²) in [4.78, 5) is 24.4. The number of nitrogens with one attached hydrogen (secondary N) is 1. The van der Waals surface area contributed by atoms with Gasteiger partial charge < -0.3 is 20.5 Å². The molecule has 0 saturated heterocycles. The lowest BCUT2D eigenvalue weighted by Crippen LogP contribution is -2.37. The van der Waals surface area contributed by atoms with Crippen molar-refractivity contribution in [3.63, 3.8) is 0 Å². The van der Waals surface area contributed by atoms with E-state index in [1.54, 1.807) is 12.1 Å². The number of rotatable bonds is 10. The van der Waals surface area contributed by atoms with Crippen LogP contribution in [0, 0.1) is 0 Å². The molecule has 3 aromatic carbocycles. The van der Waals surface area contributed by atoms with Crippen LogP contribution < -0.4 is 15.8 Å². The van der Waals surface area contributed by atoms with Gasteiger partial charge >= 0.3 is 0 Å². The Bertz CT molecular complexity index is 1050. The maximum absolute atomic E-state index is 13.2. The summed E-state index contributed by atoms with van der Waals surface area (Å²) in [6.45, 7) is 0.673. The number of carbonyl (C=O) groups excluding carboxylic acids is 2. The lowest BCUT2D eigenvalue weighted by molar-refractivity contribution is -0.145. The smallest absolute Gasteiger partial charge is 0.293 e. The van der Waals surface area contributed by atoms with Gasteiger partial charge in [-0.1, -0.05) is 66.7 Å². The minimum absolute atomic E-state index is 0.0157. The topological polar surface area (TPSA) is 90.7 Å². The molecule has 0 bridgehead atoms. The second kappa shape index (κ2) is 10.1. The van der Waals surface area contributed by atoms with E-state index in [1.807, 2.05) is 66.7 Å². The zero-order valence-corrected chi connectivity index (χ0v) is 17.6. The standard InChI is InChI=1S/C26H26N2O4/c27-25(21-11-5-7-13-23(21)31-16-18-8-2-1-3-9-18)26(30)24(32-17-29)15-20-14-19-10-4-6-12-22(19)28-20/h1-13,17,20,24-25,28H,14-16,27H2. The Labute approximate surface area is 187 Å². The van der Waals surface area contributed by atoms with Crippen LogP contribution in [0.25, 0.3) is 0 Å². The van der Waals surface area contributed by atoms with Gasteiger partial charge in [0.05, 0.1) is 6.04 Å². The minimum Gasteiger partial charge on any atom is -0.489 e. The normalized spacial score (nSPS) is 16.3. The highest BCUT2D eigenvalue weighted by Crippen LogP contribution is 2.30. The van der Waals surface area contributed by atoms with Gasteiger partial charge in [-0.15, -0.1) is 0 Å². The van der Waals surface area contributed by atoms with Gasteiger partial charge in [0.1, 0.15) is 12.4 Å². The molecule has 1 aliphatic heterocycles. The van der Waals surface area contributed by atoms with E-state index >= 15 is 0 Å². The molecule has 0 spiro atoms. The number of benzene rings is 3. The Kier molecular flexibility index (Phi) is 6.82. The highest BCUT2D eigenvalue weighted by Gasteiger charge is 2.32. The third-order valence-electron chi connectivity index (χ3n) is 5.68. The molecule has 4 rings (SSSR count). The van der Waals surface area contributed by atoms with Crippen LogP contribution in [0.5, 0.6) is 5.75 Å². The zero-order valence-electron chi connectivity index (χ0n) is 17.6. The van der Waals surface area contributed by atoms with E-state index in [4.69, 9.17) is 15.2 Å². The first-order valence-electron chi connectivity index (χ1n) is 10.6. The van der Waals surface area contributed by atoms with Crippen LogP contribution in [-0.2, 0) is 27.4 Å². The minimum atomic E-state index is -0.976. The maximum atomic E-state index is 13.2. The van der Waals surface area contributed by atoms with Crippen molar-refractivity contribution in [2.24, 2.45) is 5.73 Å². The highest BCUT2D eigenvalue weighted by molar-refractivity contribution is 5.90. The van der Waals surface area contributed by atoms with Crippen molar-refractivity contribution in [1.29, 1.82) is 0 Å². The third kappa shape index (κ3) is 4.98. The number of ketones is 1. The average Bonchev–Trinajstić information content (AvgIpc) is 3.25. The molecule has 3 atom stereocenters. The molecule has 1 heterocycles. The van der Waals surface area contributed by atoms with Crippen molar-refractivity contribution >= 4 is 17.9 Å². The van der Waals surface area contributed by atoms with E-state index in [2.05, 4.69) is 5.32 Å². The number of ether oxygens (including phenoxy) is 2. The second-order valence-electron chi connectivity index (χ2n) is 7.85. The van der Waals surface area contributed by atoms with Crippen LogP contribution in [0.2, 0.25) is 0 Å². The zero-order chi connectivity index (χ0) is 22.3. The summed E-state index contributed by atoms with van der Waals surface area (Å²) in [5.41, 5.74) is 10.1. The van der Waals surface area contributed by atoms with Gasteiger partial charge in [-0.3, -0.25) is 9.59 Å². The first kappa shape index (κ1) is 21.6. The SMILES string of the molecule is NC(C(=O)C(CC1Cc2ccccc2N1)OC=O)c1ccccc1OCc1ccccc1. The summed E-state index contributed by atoms with van der Waals surface area (Å²) < 4.78 is 11.1. The maximum Gasteiger partial charge on any atom is 0.293 e. The molecular weight excluding hydrogens is 404 g/mol. The van der Waals surface area contributed by atoms with Crippen LogP contribution in [-0.4, -0.2) is 24.4 Å². The highest BCUT2D eigenvalue weighted by atomic mass is 16.5. The molecule has 0 fully saturated rings. The van der Waals surface area contributed by atoms with Crippen LogP contribution >= 0.6 is 0 Å². The molecule has 1 aliphatic rings. The Morgan fingerprint density at radius 3 is 2.53 bits per heavy atom. The molecule has 3 N–H and O–H groups in total. The number of carbonyl (C=O) groups is 2. The lowest BCUT2D eigenvalue weighted by atomic mass is 9.94. The molecule has 0 amide bonds. The Balaban J connectivity index is 1.46. The number of hydrogen-bond acceptors (Lipinski definition) is 6. The molecular formula is C26H26N2O4. The van der Waals surface area contributed by atoms with Crippen LogP contribution in [0.3, 0.4) is 0 Å². The van der Waals surface area contributed by atoms with E-state index in [-0.39, 0.29) is 11.8 Å². The van der Waals surface area contributed by atoms with Gasteiger partial charge in [0.25, 0.3) is 6.47 Å². The summed E-state index contributed by atoms with van der Waals surface area (Å²) in [5.74, 6) is 0.180. The Morgan fingerprint density at radius 2 is 1.75 bits per heavy atom. The fourth-order valence-electron chi connectivity index (χ4n) is 4.04. The predicted octanol–water partition coefficient (Wildman–Crippen LogP) is 3.80. The first-order valence-corrected chi connectivity index (χ1v) is 10.6. The van der Waals surface area contributed by atoms with Crippen LogP contribution in [0.4, 0.5) is 5.69 Å². The molecule has 0 aliphatic carbocycles. The average molecular weight is 431 g/mol. The summed E-state index contributed by atoms with van der Waals surface area (Å²) in [7, 11) is 0. The van der Waals surface area contributed by atoms with E-state index in [1.165, 1.54) is 5.56 Å². The lowest BCUT2D eigenvalue weighted by Gasteiger charge is -2.23. The van der Waals surface area contributed by atoms with E-state index < -0.39 is 12.1 Å². The third-order valence-corrected chi connectivity index (χ3v) is 5.68. The van der Waals surface area contributed by atoms with Gasteiger partial charge in [-0.2, -0.15) is 0 Å².